The van der Waals surface area contributed by atoms with E-state index in [1.165, 1.54) is 0 Å². The van der Waals surface area contributed by atoms with Crippen molar-refractivity contribution in [2.24, 2.45) is 0 Å². The van der Waals surface area contributed by atoms with Gasteiger partial charge in [-0.2, -0.15) is 0 Å². The normalized spacial score (nSPS) is 13.2. The number of para-hydroxylation sites is 2. The summed E-state index contributed by atoms with van der Waals surface area (Å²) in [5, 5.41) is 0. The number of nitrogens with zero attached hydrogens (tertiary/aromatic N) is 3. The number of benzene rings is 1. The van der Waals surface area contributed by atoms with Crippen LogP contribution in [0.1, 0.15) is 17.5 Å². The molecule has 1 unspecified atom stereocenters. The van der Waals surface area contributed by atoms with Gasteiger partial charge < -0.3 is 8.82 Å². The molecule has 0 saturated heterocycles. The van der Waals surface area contributed by atoms with Crippen molar-refractivity contribution in [2.45, 2.75) is 6.04 Å². The van der Waals surface area contributed by atoms with Crippen molar-refractivity contribution in [3.63, 3.8) is 0 Å². The Morgan fingerprint density at radius 3 is 2.59 bits per heavy atom. The van der Waals surface area contributed by atoms with Crippen molar-refractivity contribution >= 4 is 16.6 Å². The molecule has 4 aromatic rings. The average molecular weight is 291 g/mol. The molecular weight excluding hydrogens is 274 g/mol. The number of rotatable bonds is 3. The van der Waals surface area contributed by atoms with Gasteiger partial charge in [0.05, 0.1) is 28.5 Å². The first-order valence-electron chi connectivity index (χ1n) is 7.31. The number of aromatic nitrogens is 2. The van der Waals surface area contributed by atoms with Crippen LogP contribution in [-0.2, 0) is 0 Å². The first-order chi connectivity index (χ1) is 10.8. The standard InChI is InChI=1S/C18H17N3O/c1-20(2)18(16-10-6-12-22-16)17-15-9-5-11-21(15)14-8-4-3-7-13(14)19-17/h3-12,18H,1-2H3. The zero-order chi connectivity index (χ0) is 15.1. The second kappa shape index (κ2) is 5.00. The molecule has 4 nitrogen and oxygen atoms in total. The zero-order valence-corrected chi connectivity index (χ0v) is 12.6. The molecule has 110 valence electrons. The van der Waals surface area contributed by atoms with E-state index >= 15 is 0 Å². The van der Waals surface area contributed by atoms with Crippen LogP contribution in [0, 0.1) is 0 Å². The van der Waals surface area contributed by atoms with Gasteiger partial charge in [0.2, 0.25) is 0 Å². The Bertz CT molecular complexity index is 922. The summed E-state index contributed by atoms with van der Waals surface area (Å²) in [5.41, 5.74) is 4.21. The summed E-state index contributed by atoms with van der Waals surface area (Å²) in [5.74, 6) is 0.899. The summed E-state index contributed by atoms with van der Waals surface area (Å²) in [6.45, 7) is 0. The van der Waals surface area contributed by atoms with Gasteiger partial charge in [-0.15, -0.1) is 0 Å². The molecule has 1 atom stereocenters. The third-order valence-corrected chi connectivity index (χ3v) is 3.98. The number of hydrogen-bond donors (Lipinski definition) is 0. The lowest BCUT2D eigenvalue weighted by Crippen LogP contribution is -2.22. The van der Waals surface area contributed by atoms with E-state index in [4.69, 9.17) is 9.40 Å². The molecule has 4 rings (SSSR count). The fourth-order valence-electron chi connectivity index (χ4n) is 3.03. The van der Waals surface area contributed by atoms with Crippen molar-refractivity contribution in [3.05, 3.63) is 72.4 Å². The van der Waals surface area contributed by atoms with Gasteiger partial charge in [0.25, 0.3) is 0 Å². The highest BCUT2D eigenvalue weighted by atomic mass is 16.3. The Labute approximate surface area is 128 Å². The fourth-order valence-corrected chi connectivity index (χ4v) is 3.03. The van der Waals surface area contributed by atoms with Gasteiger partial charge in [-0.1, -0.05) is 12.1 Å². The van der Waals surface area contributed by atoms with E-state index in [-0.39, 0.29) is 6.04 Å². The molecule has 0 aliphatic rings. The van der Waals surface area contributed by atoms with Gasteiger partial charge in [-0.05, 0) is 50.5 Å². The minimum Gasteiger partial charge on any atom is -0.467 e. The zero-order valence-electron chi connectivity index (χ0n) is 12.6. The highest BCUT2D eigenvalue weighted by molar-refractivity contribution is 5.80. The maximum atomic E-state index is 5.66. The summed E-state index contributed by atoms with van der Waals surface area (Å²) < 4.78 is 7.85. The van der Waals surface area contributed by atoms with Crippen LogP contribution in [0.3, 0.4) is 0 Å². The maximum absolute atomic E-state index is 5.66. The fraction of sp³-hybridized carbons (Fsp3) is 0.167. The third kappa shape index (κ3) is 1.92. The van der Waals surface area contributed by atoms with Gasteiger partial charge in [0, 0.05) is 6.20 Å². The molecule has 3 aromatic heterocycles. The van der Waals surface area contributed by atoms with Crippen molar-refractivity contribution in [1.29, 1.82) is 0 Å². The molecule has 0 aliphatic carbocycles. The Balaban J connectivity index is 2.05. The van der Waals surface area contributed by atoms with Gasteiger partial charge in [-0.3, -0.25) is 4.90 Å². The van der Waals surface area contributed by atoms with Gasteiger partial charge in [0.1, 0.15) is 11.8 Å². The molecule has 4 heteroatoms. The smallest absolute Gasteiger partial charge is 0.127 e. The number of hydrogen-bond acceptors (Lipinski definition) is 3. The van der Waals surface area contributed by atoms with Crippen LogP contribution in [0.4, 0.5) is 0 Å². The van der Waals surface area contributed by atoms with Crippen LogP contribution < -0.4 is 0 Å². The lowest BCUT2D eigenvalue weighted by Gasteiger charge is -2.23. The highest BCUT2D eigenvalue weighted by Crippen LogP contribution is 2.31. The van der Waals surface area contributed by atoms with E-state index in [9.17, 15) is 0 Å². The number of fused-ring (bicyclic) bond motifs is 3. The Hall–Kier alpha value is -2.59. The SMILES string of the molecule is CN(C)C(c1ccco1)c1nc2ccccc2n2cccc12. The van der Waals surface area contributed by atoms with Crippen molar-refractivity contribution in [2.75, 3.05) is 14.1 Å². The predicted molar refractivity (Wildman–Crippen MR) is 86.9 cm³/mol. The monoisotopic (exact) mass is 291 g/mol. The molecular formula is C18H17N3O. The Kier molecular flexibility index (Phi) is 2.98. The summed E-state index contributed by atoms with van der Waals surface area (Å²) in [6.07, 6.45) is 3.79. The minimum absolute atomic E-state index is 0.0167. The lowest BCUT2D eigenvalue weighted by atomic mass is 10.1. The first-order valence-corrected chi connectivity index (χ1v) is 7.31. The van der Waals surface area contributed by atoms with E-state index in [0.29, 0.717) is 0 Å². The lowest BCUT2D eigenvalue weighted by molar-refractivity contribution is 0.293. The average Bonchev–Trinajstić information content (AvgIpc) is 3.18. The van der Waals surface area contributed by atoms with Crippen LogP contribution in [0.5, 0.6) is 0 Å². The maximum Gasteiger partial charge on any atom is 0.127 e. The largest absolute Gasteiger partial charge is 0.467 e. The van der Waals surface area contributed by atoms with E-state index in [1.54, 1.807) is 6.26 Å². The molecule has 0 bridgehead atoms. The Morgan fingerprint density at radius 2 is 1.82 bits per heavy atom. The quantitative estimate of drug-likeness (QED) is 0.576. The highest BCUT2D eigenvalue weighted by Gasteiger charge is 2.24. The van der Waals surface area contributed by atoms with Crippen LogP contribution in [-0.4, -0.2) is 28.4 Å². The van der Waals surface area contributed by atoms with Gasteiger partial charge in [-0.25, -0.2) is 4.98 Å². The van der Waals surface area contributed by atoms with E-state index in [1.807, 2.05) is 44.4 Å². The number of furan rings is 1. The molecule has 0 amide bonds. The second-order valence-electron chi connectivity index (χ2n) is 5.63. The van der Waals surface area contributed by atoms with Crippen LogP contribution in [0.25, 0.3) is 16.6 Å². The molecule has 0 spiro atoms. The first kappa shape index (κ1) is 13.1. The minimum atomic E-state index is -0.0167. The molecule has 0 N–H and O–H groups in total. The molecule has 0 radical (unpaired) electrons. The molecule has 1 aromatic carbocycles. The van der Waals surface area contributed by atoms with E-state index in [2.05, 4.69) is 33.7 Å². The Morgan fingerprint density at radius 1 is 1.00 bits per heavy atom. The van der Waals surface area contributed by atoms with Crippen LogP contribution in [0.15, 0.2) is 65.4 Å². The van der Waals surface area contributed by atoms with Crippen LogP contribution in [0.2, 0.25) is 0 Å². The van der Waals surface area contributed by atoms with Crippen molar-refractivity contribution in [3.8, 4) is 0 Å². The molecule has 0 saturated carbocycles. The van der Waals surface area contributed by atoms with Crippen molar-refractivity contribution in [1.82, 2.24) is 14.3 Å². The second-order valence-corrected chi connectivity index (χ2v) is 5.63. The van der Waals surface area contributed by atoms with Gasteiger partial charge in [0.15, 0.2) is 0 Å². The third-order valence-electron chi connectivity index (χ3n) is 3.98. The molecule has 0 aliphatic heterocycles. The van der Waals surface area contributed by atoms with Crippen LogP contribution >= 0.6 is 0 Å². The topological polar surface area (TPSA) is 33.7 Å². The van der Waals surface area contributed by atoms with Crippen molar-refractivity contribution < 1.29 is 4.42 Å². The molecule has 3 heterocycles. The summed E-state index contributed by atoms with van der Waals surface area (Å²) in [7, 11) is 4.09. The molecule has 22 heavy (non-hydrogen) atoms. The summed E-state index contributed by atoms with van der Waals surface area (Å²) in [6, 6.07) is 16.3. The summed E-state index contributed by atoms with van der Waals surface area (Å²) >= 11 is 0. The predicted octanol–water partition coefficient (Wildman–Crippen LogP) is 3.73. The molecule has 0 fully saturated rings. The summed E-state index contributed by atoms with van der Waals surface area (Å²) in [4.78, 5) is 7.06. The van der Waals surface area contributed by atoms with E-state index in [0.717, 1.165) is 28.0 Å². The van der Waals surface area contributed by atoms with Gasteiger partial charge >= 0.3 is 0 Å². The van der Waals surface area contributed by atoms with E-state index < -0.39 is 0 Å².